The van der Waals surface area contributed by atoms with Crippen LogP contribution in [0.3, 0.4) is 0 Å². The summed E-state index contributed by atoms with van der Waals surface area (Å²) >= 11 is 0. The fraction of sp³-hybridized carbons (Fsp3) is 1.00. The molecule has 0 radical (unpaired) electrons. The number of unbranched alkanes of at least 4 members (excludes halogenated alkanes) is 4. The fourth-order valence-electron chi connectivity index (χ4n) is 1.60. The molecule has 0 atom stereocenters. The molecule has 2 aliphatic rings. The molecule has 0 aromatic heterocycles. The van der Waals surface area contributed by atoms with Gasteiger partial charge in [0.2, 0.25) is 0 Å². The third-order valence-corrected chi connectivity index (χ3v) is 5.60. The smallest absolute Gasteiger partial charge is 0.0891 e. The lowest BCUT2D eigenvalue weighted by Gasteiger charge is -2.24. The van der Waals surface area contributed by atoms with Crippen LogP contribution in [-0.2, 0) is 0 Å². The number of piperidine rings is 1. The second-order valence-corrected chi connectivity index (χ2v) is 11.0. The van der Waals surface area contributed by atoms with Gasteiger partial charge < -0.3 is 14.9 Å². The highest BCUT2D eigenvalue weighted by atomic mass is 19.1. The minimum absolute atomic E-state index is 0.181. The minimum Gasteiger partial charge on any atom is -0.396 e. The van der Waals surface area contributed by atoms with Crippen LogP contribution < -0.4 is 0 Å². The summed E-state index contributed by atoms with van der Waals surface area (Å²) in [5.74, 6) is 1.08. The van der Waals surface area contributed by atoms with Crippen molar-refractivity contribution in [2.45, 2.75) is 186 Å². The summed E-state index contributed by atoms with van der Waals surface area (Å²) in [5.41, 5.74) is 0. The van der Waals surface area contributed by atoms with Gasteiger partial charge in [-0.05, 0) is 71.9 Å². The third-order valence-electron chi connectivity index (χ3n) is 5.60. The Morgan fingerprint density at radius 2 is 0.927 bits per heavy atom. The van der Waals surface area contributed by atoms with E-state index in [0.717, 1.165) is 25.3 Å². The van der Waals surface area contributed by atoms with Crippen molar-refractivity contribution in [3.05, 3.63) is 0 Å². The average molecular weight is 597 g/mol. The van der Waals surface area contributed by atoms with Crippen LogP contribution in [0, 0.1) is 5.92 Å². The molecule has 2 rings (SSSR count). The number of hydrogen-bond donors (Lipinski definition) is 1. The van der Waals surface area contributed by atoms with Crippen LogP contribution in [0.5, 0.6) is 0 Å². The Morgan fingerprint density at radius 1 is 0.634 bits per heavy atom. The summed E-state index contributed by atoms with van der Waals surface area (Å²) in [6.07, 6.45) is 19.1. The zero-order valence-corrected chi connectivity index (χ0v) is 32.1. The van der Waals surface area contributed by atoms with Gasteiger partial charge in [-0.1, -0.05) is 161 Å². The maximum absolute atomic E-state index is 10.7. The molecule has 0 aromatic carbocycles. The van der Waals surface area contributed by atoms with Crippen molar-refractivity contribution in [3.8, 4) is 0 Å². The number of aliphatic hydroxyl groups excluding tert-OH is 1. The lowest BCUT2D eigenvalue weighted by atomic mass is 10.1. The van der Waals surface area contributed by atoms with Crippen molar-refractivity contribution in [2.24, 2.45) is 5.92 Å². The van der Waals surface area contributed by atoms with Gasteiger partial charge in [-0.3, -0.25) is 4.39 Å². The van der Waals surface area contributed by atoms with Crippen molar-refractivity contribution in [1.82, 2.24) is 9.80 Å². The van der Waals surface area contributed by atoms with Gasteiger partial charge in [0, 0.05) is 6.61 Å². The molecule has 260 valence electrons. The van der Waals surface area contributed by atoms with Gasteiger partial charge in [0.15, 0.2) is 0 Å². The van der Waals surface area contributed by atoms with Gasteiger partial charge in [0.25, 0.3) is 0 Å². The highest BCUT2D eigenvalue weighted by Crippen LogP contribution is 2.26. The van der Waals surface area contributed by atoms with E-state index < -0.39 is 0 Å². The van der Waals surface area contributed by atoms with Crippen LogP contribution in [0.4, 0.5) is 4.39 Å². The zero-order valence-electron chi connectivity index (χ0n) is 32.1. The Hall–Kier alpha value is -0.190. The van der Waals surface area contributed by atoms with E-state index in [1.54, 1.807) is 6.92 Å². The number of hydrogen-bond acceptors (Lipinski definition) is 3. The van der Waals surface area contributed by atoms with E-state index in [1.807, 2.05) is 0 Å². The molecule has 1 aliphatic heterocycles. The molecule has 1 saturated heterocycles. The molecule has 1 aliphatic carbocycles. The van der Waals surface area contributed by atoms with Crippen LogP contribution in [0.15, 0.2) is 0 Å². The van der Waals surface area contributed by atoms with Crippen LogP contribution >= 0.6 is 0 Å². The molecular weight excluding hydrogens is 507 g/mol. The van der Waals surface area contributed by atoms with Crippen LogP contribution in [-0.4, -0.2) is 68.5 Å². The quantitative estimate of drug-likeness (QED) is 0.302. The molecule has 3 nitrogen and oxygen atoms in total. The van der Waals surface area contributed by atoms with E-state index >= 15 is 0 Å². The summed E-state index contributed by atoms with van der Waals surface area (Å²) in [5, 5.41) is 8.07. The minimum atomic E-state index is -0.181. The average Bonchev–Trinajstić information content (AvgIpc) is 3.81. The normalized spacial score (nSPS) is 12.7. The number of halogens is 1. The van der Waals surface area contributed by atoms with E-state index in [4.69, 9.17) is 5.11 Å². The molecule has 1 N–H and O–H groups in total. The lowest BCUT2D eigenvalue weighted by molar-refractivity contribution is 0.240. The first-order chi connectivity index (χ1) is 19.6. The summed E-state index contributed by atoms with van der Waals surface area (Å²) in [4.78, 5) is 4.64. The Labute approximate surface area is 264 Å². The highest BCUT2D eigenvalue weighted by molar-refractivity contribution is 4.65. The molecule has 0 bridgehead atoms. The molecule has 2 fully saturated rings. The van der Waals surface area contributed by atoms with E-state index in [1.165, 1.54) is 96.7 Å². The van der Waals surface area contributed by atoms with Crippen LogP contribution in [0.2, 0.25) is 0 Å². The summed E-state index contributed by atoms with van der Waals surface area (Å²) in [6, 6.07) is 0. The third kappa shape index (κ3) is 131. The van der Waals surface area contributed by atoms with Gasteiger partial charge in [-0.25, -0.2) is 0 Å². The van der Waals surface area contributed by atoms with Crippen molar-refractivity contribution < 1.29 is 9.50 Å². The van der Waals surface area contributed by atoms with E-state index in [-0.39, 0.29) is 6.67 Å². The molecular formula is C37H89FN2O. The largest absolute Gasteiger partial charge is 0.396 e. The van der Waals surface area contributed by atoms with Gasteiger partial charge >= 0.3 is 0 Å². The second kappa shape index (κ2) is 67.5. The first-order valence-corrected chi connectivity index (χ1v) is 18.1. The number of rotatable bonds is 8. The maximum atomic E-state index is 10.7. The number of alkyl halides is 1. The molecule has 0 aromatic rings. The van der Waals surface area contributed by atoms with Crippen molar-refractivity contribution in [1.29, 1.82) is 0 Å². The maximum Gasteiger partial charge on any atom is 0.0891 e. The number of likely N-dealkylation sites (tertiary alicyclic amines) is 1. The van der Waals surface area contributed by atoms with Gasteiger partial charge in [0.1, 0.15) is 0 Å². The van der Waals surface area contributed by atoms with E-state index in [0.29, 0.717) is 13.0 Å². The highest BCUT2D eigenvalue weighted by Gasteiger charge is 2.12. The summed E-state index contributed by atoms with van der Waals surface area (Å²) in [7, 11) is 4.11. The second-order valence-electron chi connectivity index (χ2n) is 11.0. The zero-order chi connectivity index (χ0) is 33.6. The molecule has 41 heavy (non-hydrogen) atoms. The topological polar surface area (TPSA) is 26.7 Å². The standard InChI is InChI=1S/C7H15N.C4H11N.C4H10O.C4H8.3C4H10.C3H7F.C3H8/c1-2-8-6-4-3-5-7-8;1-4-5(2)3;1-2-3-4-5;1-4-2-3-4;3*1-3-4-2;1-2-3-4;1-3-2/h2-7H2,1H3;4H2,1-3H3;5H,2-4H2,1H3;4H,2-3H2,1H3;3*3-4H2,1-2H3;2-3H2,1H3;3H2,1-2H3. The lowest BCUT2D eigenvalue weighted by Crippen LogP contribution is -2.29. The van der Waals surface area contributed by atoms with Crippen molar-refractivity contribution in [2.75, 3.05) is 53.6 Å². The molecule has 0 spiro atoms. The van der Waals surface area contributed by atoms with Crippen molar-refractivity contribution >= 4 is 0 Å². The summed E-state index contributed by atoms with van der Waals surface area (Å²) in [6.45, 7) is 33.1. The molecule has 0 unspecified atom stereocenters. The molecule has 4 heteroatoms. The van der Waals surface area contributed by atoms with E-state index in [9.17, 15) is 4.39 Å². The molecule has 0 amide bonds. The summed E-state index contributed by atoms with van der Waals surface area (Å²) < 4.78 is 10.7. The van der Waals surface area contributed by atoms with Gasteiger partial charge in [-0.2, -0.15) is 0 Å². The number of aliphatic hydroxyl groups is 1. The van der Waals surface area contributed by atoms with Crippen LogP contribution in [0.1, 0.15) is 186 Å². The number of nitrogens with zero attached hydrogens (tertiary/aromatic N) is 2. The fourth-order valence-corrected chi connectivity index (χ4v) is 1.60. The van der Waals surface area contributed by atoms with Crippen LogP contribution in [0.25, 0.3) is 0 Å². The Morgan fingerprint density at radius 3 is 1.00 bits per heavy atom. The first-order valence-electron chi connectivity index (χ1n) is 18.1. The Kier molecular flexibility index (Phi) is 93.1. The monoisotopic (exact) mass is 597 g/mol. The first kappa shape index (κ1) is 56.6. The van der Waals surface area contributed by atoms with Gasteiger partial charge in [-0.15, -0.1) is 0 Å². The van der Waals surface area contributed by atoms with Gasteiger partial charge in [0.05, 0.1) is 6.67 Å². The van der Waals surface area contributed by atoms with Crippen molar-refractivity contribution in [3.63, 3.8) is 0 Å². The SMILES string of the molecule is CC1CC1.CCC.CCCC.CCCC.CCCC.CCCCO.CCCF.CCN(C)C.CCN1CCCCC1. The van der Waals surface area contributed by atoms with E-state index in [2.05, 4.69) is 107 Å². The molecule has 1 saturated carbocycles. The Balaban J connectivity index is -0.0000000646. The predicted molar refractivity (Wildman–Crippen MR) is 195 cm³/mol. The predicted octanol–water partition coefficient (Wildman–Crippen LogP) is 12.5. The molecule has 1 heterocycles. The Bertz CT molecular complexity index is 281.